The number of amides is 1. The summed E-state index contributed by atoms with van der Waals surface area (Å²) < 4.78 is 2.02. The van der Waals surface area contributed by atoms with Crippen molar-refractivity contribution < 1.29 is 4.79 Å². The van der Waals surface area contributed by atoms with E-state index >= 15 is 0 Å². The van der Waals surface area contributed by atoms with Gasteiger partial charge in [-0.2, -0.15) is 0 Å². The lowest BCUT2D eigenvalue weighted by Gasteiger charge is -2.07. The average molecular weight is 355 g/mol. The zero-order valence-corrected chi connectivity index (χ0v) is 15.4. The van der Waals surface area contributed by atoms with Crippen molar-refractivity contribution in [3.8, 4) is 11.3 Å². The number of anilines is 1. The fraction of sp³-hybridized carbons (Fsp3) is 0.130. The van der Waals surface area contributed by atoms with E-state index in [4.69, 9.17) is 4.98 Å². The van der Waals surface area contributed by atoms with Crippen molar-refractivity contribution in [1.82, 2.24) is 9.38 Å². The van der Waals surface area contributed by atoms with E-state index in [9.17, 15) is 4.79 Å². The molecule has 0 fully saturated rings. The fourth-order valence-corrected chi connectivity index (χ4v) is 3.14. The molecule has 1 N–H and O–H groups in total. The summed E-state index contributed by atoms with van der Waals surface area (Å²) in [6.07, 6.45) is 4.96. The molecule has 0 unspecified atom stereocenters. The van der Waals surface area contributed by atoms with Crippen molar-refractivity contribution in [3.05, 3.63) is 89.7 Å². The van der Waals surface area contributed by atoms with Crippen molar-refractivity contribution in [3.63, 3.8) is 0 Å². The van der Waals surface area contributed by atoms with Crippen molar-refractivity contribution in [2.45, 2.75) is 20.3 Å². The molecule has 0 aliphatic carbocycles. The first kappa shape index (κ1) is 17.0. The number of pyridine rings is 1. The summed E-state index contributed by atoms with van der Waals surface area (Å²) in [6.45, 7) is 4.15. The van der Waals surface area contributed by atoms with Gasteiger partial charge in [0, 0.05) is 29.2 Å². The van der Waals surface area contributed by atoms with Crippen molar-refractivity contribution in [2.24, 2.45) is 0 Å². The van der Waals surface area contributed by atoms with Crippen LogP contribution in [0.15, 0.2) is 73.1 Å². The van der Waals surface area contributed by atoms with Gasteiger partial charge in [0.05, 0.1) is 5.69 Å². The van der Waals surface area contributed by atoms with Crippen LogP contribution in [0.25, 0.3) is 16.9 Å². The summed E-state index contributed by atoms with van der Waals surface area (Å²) in [6, 6.07) is 19.5. The Morgan fingerprint density at radius 3 is 2.63 bits per heavy atom. The molecule has 4 nitrogen and oxygen atoms in total. The predicted octanol–water partition coefficient (Wildman–Crippen LogP) is 5.12. The number of aromatic nitrogens is 2. The molecule has 0 atom stereocenters. The van der Waals surface area contributed by atoms with Gasteiger partial charge >= 0.3 is 0 Å². The third-order valence-corrected chi connectivity index (χ3v) is 4.72. The Labute approximate surface area is 158 Å². The Morgan fingerprint density at radius 1 is 1.07 bits per heavy atom. The highest BCUT2D eigenvalue weighted by atomic mass is 16.1. The second kappa shape index (κ2) is 7.08. The summed E-state index contributed by atoms with van der Waals surface area (Å²) in [4.78, 5) is 17.2. The van der Waals surface area contributed by atoms with Gasteiger partial charge in [-0.1, -0.05) is 37.3 Å². The van der Waals surface area contributed by atoms with Crippen LogP contribution < -0.4 is 5.32 Å². The van der Waals surface area contributed by atoms with Crippen LogP contribution in [-0.4, -0.2) is 15.3 Å². The Balaban J connectivity index is 1.59. The van der Waals surface area contributed by atoms with Crippen LogP contribution in [0.4, 0.5) is 5.69 Å². The molecular weight excluding hydrogens is 334 g/mol. The first-order valence-corrected chi connectivity index (χ1v) is 9.09. The number of nitrogens with one attached hydrogen (secondary N) is 1. The maximum absolute atomic E-state index is 12.5. The highest BCUT2D eigenvalue weighted by Gasteiger charge is 2.09. The molecule has 0 bridgehead atoms. The van der Waals surface area contributed by atoms with Gasteiger partial charge in [-0.3, -0.25) is 4.79 Å². The molecule has 4 aromatic rings. The van der Waals surface area contributed by atoms with E-state index in [1.54, 1.807) is 0 Å². The molecule has 0 aliphatic heterocycles. The van der Waals surface area contributed by atoms with Gasteiger partial charge in [0.1, 0.15) is 5.65 Å². The summed E-state index contributed by atoms with van der Waals surface area (Å²) in [5.41, 5.74) is 6.55. The molecule has 0 saturated heterocycles. The number of benzene rings is 2. The van der Waals surface area contributed by atoms with Crippen LogP contribution in [0.1, 0.15) is 28.4 Å². The first-order chi connectivity index (χ1) is 13.1. The number of imidazole rings is 1. The molecule has 4 heteroatoms. The monoisotopic (exact) mass is 355 g/mol. The van der Waals surface area contributed by atoms with Crippen LogP contribution in [-0.2, 0) is 6.42 Å². The Hall–Kier alpha value is -3.40. The normalized spacial score (nSPS) is 10.9. The van der Waals surface area contributed by atoms with Gasteiger partial charge in [0.15, 0.2) is 0 Å². The van der Waals surface area contributed by atoms with E-state index in [0.29, 0.717) is 5.56 Å². The van der Waals surface area contributed by atoms with Gasteiger partial charge < -0.3 is 9.72 Å². The molecule has 134 valence electrons. The predicted molar refractivity (Wildman–Crippen MR) is 109 cm³/mol. The van der Waals surface area contributed by atoms with Gasteiger partial charge in [-0.25, -0.2) is 4.98 Å². The fourth-order valence-electron chi connectivity index (χ4n) is 3.14. The summed E-state index contributed by atoms with van der Waals surface area (Å²) in [7, 11) is 0. The average Bonchev–Trinajstić information content (AvgIpc) is 3.14. The minimum absolute atomic E-state index is 0.111. The van der Waals surface area contributed by atoms with Gasteiger partial charge in [0.25, 0.3) is 5.91 Å². The molecule has 27 heavy (non-hydrogen) atoms. The van der Waals surface area contributed by atoms with Crippen molar-refractivity contribution >= 4 is 17.2 Å². The van der Waals surface area contributed by atoms with E-state index < -0.39 is 0 Å². The van der Waals surface area contributed by atoms with Gasteiger partial charge in [0.2, 0.25) is 0 Å². The third kappa shape index (κ3) is 3.47. The minimum Gasteiger partial charge on any atom is -0.322 e. The van der Waals surface area contributed by atoms with Crippen LogP contribution in [0.3, 0.4) is 0 Å². The van der Waals surface area contributed by atoms with E-state index in [1.165, 1.54) is 5.56 Å². The maximum atomic E-state index is 12.5. The molecule has 2 heterocycles. The van der Waals surface area contributed by atoms with Gasteiger partial charge in [-0.15, -0.1) is 0 Å². The van der Waals surface area contributed by atoms with Crippen molar-refractivity contribution in [2.75, 3.05) is 5.32 Å². The number of rotatable bonds is 4. The zero-order valence-electron chi connectivity index (χ0n) is 15.4. The summed E-state index contributed by atoms with van der Waals surface area (Å²) in [5.74, 6) is -0.111. The second-order valence-electron chi connectivity index (χ2n) is 6.63. The molecule has 0 radical (unpaired) electrons. The Morgan fingerprint density at radius 2 is 1.89 bits per heavy atom. The van der Waals surface area contributed by atoms with Crippen LogP contribution >= 0.6 is 0 Å². The topological polar surface area (TPSA) is 46.4 Å². The zero-order chi connectivity index (χ0) is 18.8. The molecule has 0 saturated carbocycles. The first-order valence-electron chi connectivity index (χ1n) is 9.09. The number of hydrogen-bond acceptors (Lipinski definition) is 2. The molecular formula is C23H21N3O. The number of fused-ring (bicyclic) bond motifs is 1. The highest BCUT2D eigenvalue weighted by Crippen LogP contribution is 2.24. The van der Waals surface area contributed by atoms with Gasteiger partial charge in [-0.05, 0) is 54.8 Å². The van der Waals surface area contributed by atoms with E-state index in [2.05, 4.69) is 12.2 Å². The lowest BCUT2D eigenvalue weighted by Crippen LogP contribution is -2.11. The molecule has 2 aromatic heterocycles. The maximum Gasteiger partial charge on any atom is 0.255 e. The summed E-state index contributed by atoms with van der Waals surface area (Å²) in [5, 5.41) is 2.98. The van der Waals surface area contributed by atoms with Crippen molar-refractivity contribution in [1.29, 1.82) is 0 Å². The molecule has 2 aromatic carbocycles. The number of carbonyl (C=O) groups is 1. The van der Waals surface area contributed by atoms with Crippen LogP contribution in [0.5, 0.6) is 0 Å². The number of nitrogens with zero attached hydrogens (tertiary/aromatic N) is 2. The van der Waals surface area contributed by atoms with Crippen LogP contribution in [0.2, 0.25) is 0 Å². The molecule has 4 rings (SSSR count). The van der Waals surface area contributed by atoms with E-state index in [0.717, 1.165) is 34.6 Å². The van der Waals surface area contributed by atoms with E-state index in [-0.39, 0.29) is 5.91 Å². The smallest absolute Gasteiger partial charge is 0.255 e. The second-order valence-corrected chi connectivity index (χ2v) is 6.63. The van der Waals surface area contributed by atoms with Crippen LogP contribution in [0, 0.1) is 6.92 Å². The minimum atomic E-state index is -0.111. The number of hydrogen-bond donors (Lipinski definition) is 1. The standard InChI is InChI=1S/C23H21N3O/c1-3-17-9-11-18(12-10-17)23(27)24-20-8-4-7-19(14-20)21-15-26-13-5-6-16(2)22(26)25-21/h4-15H,3H2,1-2H3,(H,24,27). The number of carbonyl (C=O) groups excluding carboxylic acids is 1. The molecule has 0 aliphatic rings. The highest BCUT2D eigenvalue weighted by molar-refractivity contribution is 6.04. The SMILES string of the molecule is CCc1ccc(C(=O)Nc2cccc(-c3cn4cccc(C)c4n3)c2)cc1. The lowest BCUT2D eigenvalue weighted by atomic mass is 10.1. The molecule has 0 spiro atoms. The Kier molecular flexibility index (Phi) is 4.47. The quantitative estimate of drug-likeness (QED) is 0.552. The third-order valence-electron chi connectivity index (χ3n) is 4.72. The Bertz CT molecular complexity index is 1110. The molecule has 1 amide bonds. The number of aryl methyl sites for hydroxylation is 2. The lowest BCUT2D eigenvalue weighted by molar-refractivity contribution is 0.102. The summed E-state index contributed by atoms with van der Waals surface area (Å²) >= 11 is 0. The van der Waals surface area contributed by atoms with E-state index in [1.807, 2.05) is 84.4 Å². The largest absolute Gasteiger partial charge is 0.322 e.